The molecule has 1 atom stereocenters. The molecule has 4 rings (SSSR count). The van der Waals surface area contributed by atoms with Crippen LogP contribution in [0.2, 0.25) is 0 Å². The van der Waals surface area contributed by atoms with Gasteiger partial charge in [-0.2, -0.15) is 0 Å². The number of benzene rings is 1. The lowest BCUT2D eigenvalue weighted by Crippen LogP contribution is -2.12. The van der Waals surface area contributed by atoms with Gasteiger partial charge in [-0.15, -0.1) is 0 Å². The van der Waals surface area contributed by atoms with E-state index in [-0.39, 0.29) is 30.2 Å². The van der Waals surface area contributed by atoms with Crippen molar-refractivity contribution < 1.29 is 23.8 Å². The molecule has 1 fully saturated rings. The molecule has 7 nitrogen and oxygen atoms in total. The zero-order valence-corrected chi connectivity index (χ0v) is 21.1. The highest BCUT2D eigenvalue weighted by Crippen LogP contribution is 2.44. The fourth-order valence-corrected chi connectivity index (χ4v) is 4.38. The molecule has 2 heterocycles. The summed E-state index contributed by atoms with van der Waals surface area (Å²) in [4.78, 5) is 24.5. The maximum Gasteiger partial charge on any atom is 0.304 e. The summed E-state index contributed by atoms with van der Waals surface area (Å²) in [5.41, 5.74) is 3.14. The second kappa shape index (κ2) is 10.6. The van der Waals surface area contributed by atoms with Gasteiger partial charge in [-0.25, -0.2) is 14.4 Å². The molecule has 0 bridgehead atoms. The molecule has 1 aromatic carbocycles. The van der Waals surface area contributed by atoms with Crippen LogP contribution in [0.3, 0.4) is 0 Å². The summed E-state index contributed by atoms with van der Waals surface area (Å²) < 4.78 is 26.0. The Bertz CT molecular complexity index is 1240. The van der Waals surface area contributed by atoms with Crippen molar-refractivity contribution in [2.75, 3.05) is 7.11 Å². The average molecular weight is 494 g/mol. The predicted octanol–water partition coefficient (Wildman–Crippen LogP) is 5.82. The third-order valence-corrected chi connectivity index (χ3v) is 6.19. The summed E-state index contributed by atoms with van der Waals surface area (Å²) in [6.07, 6.45) is 5.82. The monoisotopic (exact) mass is 493 g/mol. The van der Waals surface area contributed by atoms with Crippen LogP contribution >= 0.6 is 0 Å². The Balaban J connectivity index is 1.57. The zero-order valence-electron chi connectivity index (χ0n) is 21.1. The maximum absolute atomic E-state index is 14.7. The molecule has 190 valence electrons. The van der Waals surface area contributed by atoms with E-state index < -0.39 is 5.97 Å². The van der Waals surface area contributed by atoms with Crippen molar-refractivity contribution in [3.8, 4) is 22.8 Å². The Morgan fingerprint density at radius 2 is 1.92 bits per heavy atom. The molecule has 3 aromatic rings. The molecule has 0 radical (unpaired) electrons. The van der Waals surface area contributed by atoms with Crippen molar-refractivity contribution in [1.82, 2.24) is 15.0 Å². The van der Waals surface area contributed by atoms with Crippen LogP contribution in [0.1, 0.15) is 62.9 Å². The molecule has 1 N–H and O–H groups in total. The van der Waals surface area contributed by atoms with E-state index in [1.807, 2.05) is 12.1 Å². The topological polar surface area (TPSA) is 94.4 Å². The quantitative estimate of drug-likeness (QED) is 0.380. The summed E-state index contributed by atoms with van der Waals surface area (Å²) in [5.74, 6) is 0.160. The van der Waals surface area contributed by atoms with Crippen LogP contribution < -0.4 is 9.47 Å². The third-order valence-electron chi connectivity index (χ3n) is 6.19. The van der Waals surface area contributed by atoms with E-state index in [1.165, 1.54) is 12.4 Å². The summed E-state index contributed by atoms with van der Waals surface area (Å²) in [6, 6.07) is 8.34. The van der Waals surface area contributed by atoms with Gasteiger partial charge >= 0.3 is 5.97 Å². The van der Waals surface area contributed by atoms with Crippen LogP contribution in [0, 0.1) is 17.2 Å². The summed E-state index contributed by atoms with van der Waals surface area (Å²) in [7, 11) is 1.55. The number of ether oxygens (including phenoxy) is 2. The molecule has 0 amide bonds. The van der Waals surface area contributed by atoms with E-state index in [9.17, 15) is 14.3 Å². The molecular weight excluding hydrogens is 461 g/mol. The number of rotatable bonds is 10. The van der Waals surface area contributed by atoms with Gasteiger partial charge in [0, 0.05) is 17.2 Å². The largest absolute Gasteiger partial charge is 0.497 e. The van der Waals surface area contributed by atoms with E-state index in [0.717, 1.165) is 24.1 Å². The first-order valence-electron chi connectivity index (χ1n) is 12.1. The number of halogens is 1. The van der Waals surface area contributed by atoms with Gasteiger partial charge in [-0.05, 0) is 66.5 Å². The minimum atomic E-state index is -0.826. The van der Waals surface area contributed by atoms with Gasteiger partial charge in [-0.3, -0.25) is 9.78 Å². The molecule has 0 aliphatic heterocycles. The Kier molecular flexibility index (Phi) is 7.52. The molecular formula is C28H32FN3O4. The van der Waals surface area contributed by atoms with E-state index in [1.54, 1.807) is 25.4 Å². The van der Waals surface area contributed by atoms with Crippen molar-refractivity contribution in [3.63, 3.8) is 0 Å². The number of carboxylic acids is 1. The standard InChI is InChI=1S/C28H32FN3O4/c1-28(2,3)13-18-9-21(14-30-27(18)23-11-20(35-4)7-8-24(23)29)36-15-19-10-25(32-16-31-19)22(12-26(33)34)17-5-6-17/h7-11,14,16-17,22H,5-6,12-13,15H2,1-4H3,(H,33,34). The average Bonchev–Trinajstić information content (AvgIpc) is 3.66. The number of carbonyl (C=O) groups is 1. The van der Waals surface area contributed by atoms with Gasteiger partial charge in [0.15, 0.2) is 0 Å². The lowest BCUT2D eigenvalue weighted by atomic mass is 9.86. The van der Waals surface area contributed by atoms with Crippen molar-refractivity contribution >= 4 is 5.97 Å². The van der Waals surface area contributed by atoms with Crippen LogP contribution in [0.15, 0.2) is 42.9 Å². The maximum atomic E-state index is 14.7. The molecule has 1 saturated carbocycles. The molecule has 0 saturated heterocycles. The second-order valence-electron chi connectivity index (χ2n) is 10.5. The van der Waals surface area contributed by atoms with Gasteiger partial charge in [0.2, 0.25) is 0 Å². The smallest absolute Gasteiger partial charge is 0.304 e. The van der Waals surface area contributed by atoms with Crippen LogP contribution in [-0.2, 0) is 17.8 Å². The molecule has 1 unspecified atom stereocenters. The van der Waals surface area contributed by atoms with Gasteiger partial charge in [0.1, 0.15) is 30.3 Å². The first-order valence-corrected chi connectivity index (χ1v) is 12.1. The Morgan fingerprint density at radius 1 is 1.14 bits per heavy atom. The Morgan fingerprint density at radius 3 is 2.58 bits per heavy atom. The first kappa shape index (κ1) is 25.5. The van der Waals surface area contributed by atoms with Crippen molar-refractivity contribution in [2.24, 2.45) is 11.3 Å². The first-order chi connectivity index (χ1) is 17.1. The lowest BCUT2D eigenvalue weighted by Gasteiger charge is -2.21. The number of hydrogen-bond acceptors (Lipinski definition) is 6. The fourth-order valence-electron chi connectivity index (χ4n) is 4.38. The predicted molar refractivity (Wildman–Crippen MR) is 133 cm³/mol. The number of aliphatic carboxylic acids is 1. The van der Waals surface area contributed by atoms with E-state index in [4.69, 9.17) is 9.47 Å². The van der Waals surface area contributed by atoms with Gasteiger partial charge in [-0.1, -0.05) is 20.8 Å². The SMILES string of the molecule is COc1ccc(F)c(-c2ncc(OCc3cc(C(CC(=O)O)C4CC4)ncn3)cc2CC(C)(C)C)c1. The Hall–Kier alpha value is -3.55. The highest BCUT2D eigenvalue weighted by atomic mass is 19.1. The number of pyridine rings is 1. The molecule has 1 aliphatic rings. The fraction of sp³-hybridized carbons (Fsp3) is 0.429. The number of methoxy groups -OCH3 is 1. The van der Waals surface area contributed by atoms with E-state index in [0.29, 0.717) is 40.8 Å². The zero-order chi connectivity index (χ0) is 25.9. The second-order valence-corrected chi connectivity index (χ2v) is 10.5. The van der Waals surface area contributed by atoms with Gasteiger partial charge in [0.05, 0.1) is 31.1 Å². The summed E-state index contributed by atoms with van der Waals surface area (Å²) >= 11 is 0. The van der Waals surface area contributed by atoms with Gasteiger partial charge < -0.3 is 14.6 Å². The number of nitrogens with zero attached hydrogens (tertiary/aromatic N) is 3. The van der Waals surface area contributed by atoms with Gasteiger partial charge in [0.25, 0.3) is 0 Å². The van der Waals surface area contributed by atoms with Crippen molar-refractivity contribution in [3.05, 3.63) is 65.6 Å². The number of hydrogen-bond donors (Lipinski definition) is 1. The molecule has 2 aromatic heterocycles. The minimum Gasteiger partial charge on any atom is -0.497 e. The summed E-state index contributed by atoms with van der Waals surface area (Å²) in [5, 5.41) is 9.30. The van der Waals surface area contributed by atoms with Crippen LogP contribution in [0.5, 0.6) is 11.5 Å². The molecule has 0 spiro atoms. The highest BCUT2D eigenvalue weighted by molar-refractivity contribution is 5.68. The third kappa shape index (κ3) is 6.56. The Labute approximate surface area is 210 Å². The normalized spacial score (nSPS) is 14.4. The molecule has 36 heavy (non-hydrogen) atoms. The van der Waals surface area contributed by atoms with Crippen molar-refractivity contribution in [1.29, 1.82) is 0 Å². The van der Waals surface area contributed by atoms with Crippen LogP contribution in [0.4, 0.5) is 4.39 Å². The lowest BCUT2D eigenvalue weighted by molar-refractivity contribution is -0.137. The summed E-state index contributed by atoms with van der Waals surface area (Å²) in [6.45, 7) is 6.52. The highest BCUT2D eigenvalue weighted by Gasteiger charge is 2.34. The van der Waals surface area contributed by atoms with Crippen LogP contribution in [-0.4, -0.2) is 33.1 Å². The number of aromatic nitrogens is 3. The van der Waals surface area contributed by atoms with Crippen molar-refractivity contribution in [2.45, 2.75) is 59.0 Å². The molecule has 1 aliphatic carbocycles. The van der Waals surface area contributed by atoms with E-state index in [2.05, 4.69) is 35.7 Å². The molecule has 8 heteroatoms. The van der Waals surface area contributed by atoms with E-state index >= 15 is 0 Å². The minimum absolute atomic E-state index is 0.0599. The van der Waals surface area contributed by atoms with Crippen LogP contribution in [0.25, 0.3) is 11.3 Å². The number of carboxylic acid groups (broad SMARTS) is 1.